The van der Waals surface area contributed by atoms with Gasteiger partial charge in [0.2, 0.25) is 0 Å². The maximum atomic E-state index is 12.5. The van der Waals surface area contributed by atoms with Crippen LogP contribution in [0.25, 0.3) is 5.69 Å². The molecule has 1 heterocycles. The predicted molar refractivity (Wildman–Crippen MR) is 94.2 cm³/mol. The smallest absolute Gasteiger partial charge is 0.326 e. The summed E-state index contributed by atoms with van der Waals surface area (Å²) >= 11 is 6.01. The van der Waals surface area contributed by atoms with Gasteiger partial charge in [0.1, 0.15) is 6.04 Å². The summed E-state index contributed by atoms with van der Waals surface area (Å²) in [6.07, 6.45) is 2.45. The number of carbonyl (C=O) groups excluding carboxylic acids is 1. The van der Waals surface area contributed by atoms with Crippen LogP contribution in [0, 0.1) is 0 Å². The maximum Gasteiger partial charge on any atom is 0.326 e. The fraction of sp³-hybridized carbons (Fsp3) is 0.412. The molecule has 2 N–H and O–H groups in total. The largest absolute Gasteiger partial charge is 0.480 e. The van der Waals surface area contributed by atoms with E-state index in [0.717, 1.165) is 6.42 Å². The second-order valence-electron chi connectivity index (χ2n) is 5.64. The van der Waals surface area contributed by atoms with Gasteiger partial charge in [0.05, 0.1) is 11.4 Å². The number of nitrogens with zero attached hydrogens (tertiary/aromatic N) is 3. The Morgan fingerprint density at radius 1 is 1.36 bits per heavy atom. The lowest BCUT2D eigenvalue weighted by molar-refractivity contribution is -0.139. The van der Waals surface area contributed by atoms with Crippen LogP contribution in [0.15, 0.2) is 24.3 Å². The minimum atomic E-state index is -1.05. The molecule has 2 rings (SSSR count). The number of amides is 1. The molecular formula is C17H21ClN4O3. The number of unbranched alkanes of at least 4 members (excludes halogenated alkanes) is 1. The molecule has 0 radical (unpaired) electrons. The normalized spacial score (nSPS) is 12.0. The first-order valence-electron chi connectivity index (χ1n) is 8.22. The number of carbonyl (C=O) groups is 2. The molecule has 25 heavy (non-hydrogen) atoms. The molecule has 1 aromatic carbocycles. The Morgan fingerprint density at radius 2 is 2.12 bits per heavy atom. The minimum Gasteiger partial charge on any atom is -0.480 e. The van der Waals surface area contributed by atoms with Crippen molar-refractivity contribution in [1.82, 2.24) is 20.3 Å². The number of rotatable bonds is 8. The van der Waals surface area contributed by atoms with E-state index in [1.165, 1.54) is 0 Å². The number of nitrogens with one attached hydrogen (secondary N) is 1. The van der Waals surface area contributed by atoms with Gasteiger partial charge in [-0.15, -0.1) is 5.10 Å². The Labute approximate surface area is 151 Å². The van der Waals surface area contributed by atoms with Gasteiger partial charge in [0.15, 0.2) is 5.69 Å². The lowest BCUT2D eigenvalue weighted by Crippen LogP contribution is -2.41. The third-order valence-electron chi connectivity index (χ3n) is 3.82. The third kappa shape index (κ3) is 4.57. The molecule has 2 aromatic rings. The van der Waals surface area contributed by atoms with Gasteiger partial charge in [-0.3, -0.25) is 4.79 Å². The highest BCUT2D eigenvalue weighted by atomic mass is 35.5. The van der Waals surface area contributed by atoms with E-state index in [1.54, 1.807) is 22.9 Å². The first-order chi connectivity index (χ1) is 12.0. The molecule has 0 aliphatic carbocycles. The van der Waals surface area contributed by atoms with Crippen LogP contribution in [0.4, 0.5) is 0 Å². The first-order valence-corrected chi connectivity index (χ1v) is 8.59. The number of halogens is 1. The quantitative estimate of drug-likeness (QED) is 0.750. The summed E-state index contributed by atoms with van der Waals surface area (Å²) < 4.78 is 1.54. The highest BCUT2D eigenvalue weighted by molar-refractivity contribution is 6.30. The summed E-state index contributed by atoms with van der Waals surface area (Å²) in [7, 11) is 0. The average Bonchev–Trinajstić information content (AvgIpc) is 3.02. The van der Waals surface area contributed by atoms with E-state index in [-0.39, 0.29) is 5.69 Å². The maximum absolute atomic E-state index is 12.5. The zero-order valence-corrected chi connectivity index (χ0v) is 15.0. The van der Waals surface area contributed by atoms with E-state index in [2.05, 4.69) is 15.6 Å². The summed E-state index contributed by atoms with van der Waals surface area (Å²) in [5.74, 6) is -1.59. The van der Waals surface area contributed by atoms with Gasteiger partial charge in [-0.2, -0.15) is 0 Å². The van der Waals surface area contributed by atoms with Crippen molar-refractivity contribution in [1.29, 1.82) is 0 Å². The topological polar surface area (TPSA) is 97.1 Å². The second kappa shape index (κ2) is 8.62. The lowest BCUT2D eigenvalue weighted by Gasteiger charge is -2.13. The molecular weight excluding hydrogens is 344 g/mol. The van der Waals surface area contributed by atoms with Crippen molar-refractivity contribution in [3.63, 3.8) is 0 Å². The van der Waals surface area contributed by atoms with E-state index < -0.39 is 17.9 Å². The van der Waals surface area contributed by atoms with Crippen molar-refractivity contribution in [3.05, 3.63) is 40.7 Å². The molecule has 134 valence electrons. The number of hydrogen-bond acceptors (Lipinski definition) is 4. The van der Waals surface area contributed by atoms with Gasteiger partial charge >= 0.3 is 5.97 Å². The molecule has 0 aliphatic heterocycles. The van der Waals surface area contributed by atoms with E-state index in [1.807, 2.05) is 19.9 Å². The van der Waals surface area contributed by atoms with Crippen LogP contribution in [-0.2, 0) is 11.2 Å². The minimum absolute atomic E-state index is 0.130. The number of carboxylic acids is 1. The van der Waals surface area contributed by atoms with Gasteiger partial charge < -0.3 is 10.4 Å². The van der Waals surface area contributed by atoms with Crippen LogP contribution in [0.3, 0.4) is 0 Å². The van der Waals surface area contributed by atoms with E-state index in [9.17, 15) is 14.7 Å². The van der Waals surface area contributed by atoms with Gasteiger partial charge in [-0.1, -0.05) is 49.6 Å². The summed E-state index contributed by atoms with van der Waals surface area (Å²) in [4.78, 5) is 23.8. The van der Waals surface area contributed by atoms with Gasteiger partial charge in [-0.05, 0) is 31.0 Å². The summed E-state index contributed by atoms with van der Waals surface area (Å²) in [6, 6.07) is 6.12. The molecule has 1 aromatic heterocycles. The number of aliphatic carboxylic acids is 1. The molecule has 0 spiro atoms. The van der Waals surface area contributed by atoms with Crippen molar-refractivity contribution in [2.45, 2.75) is 45.6 Å². The molecule has 0 unspecified atom stereocenters. The summed E-state index contributed by atoms with van der Waals surface area (Å²) in [5, 5.41) is 20.3. The van der Waals surface area contributed by atoms with Crippen molar-refractivity contribution in [2.75, 3.05) is 0 Å². The van der Waals surface area contributed by atoms with Crippen LogP contribution >= 0.6 is 11.6 Å². The molecule has 0 saturated carbocycles. The van der Waals surface area contributed by atoms with E-state index in [4.69, 9.17) is 11.6 Å². The standard InChI is InChI=1S/C17H21ClN4O3/c1-3-5-9-13(17(24)25)19-16(23)15-14(4-2)22(21-20-15)12-8-6-7-11(18)10-12/h6-8,10,13H,3-5,9H2,1-2H3,(H,19,23)(H,24,25)/t13-/m0/s1. The van der Waals surface area contributed by atoms with Crippen molar-refractivity contribution in [3.8, 4) is 5.69 Å². The fourth-order valence-electron chi connectivity index (χ4n) is 2.50. The van der Waals surface area contributed by atoms with Crippen molar-refractivity contribution < 1.29 is 14.7 Å². The Kier molecular flexibility index (Phi) is 6.52. The van der Waals surface area contributed by atoms with Gasteiger partial charge in [-0.25, -0.2) is 9.48 Å². The molecule has 7 nitrogen and oxygen atoms in total. The molecule has 8 heteroatoms. The van der Waals surface area contributed by atoms with Gasteiger partial charge in [0, 0.05) is 5.02 Å². The van der Waals surface area contributed by atoms with Crippen LogP contribution < -0.4 is 5.32 Å². The second-order valence-corrected chi connectivity index (χ2v) is 6.07. The Morgan fingerprint density at radius 3 is 2.72 bits per heavy atom. The predicted octanol–water partition coefficient (Wildman–Crippen LogP) is 2.86. The number of carboxylic acid groups (broad SMARTS) is 1. The Balaban J connectivity index is 2.27. The first kappa shape index (κ1) is 18.9. The summed E-state index contributed by atoms with van der Waals surface area (Å²) in [6.45, 7) is 3.84. The van der Waals surface area contributed by atoms with E-state index in [0.29, 0.717) is 35.7 Å². The third-order valence-corrected chi connectivity index (χ3v) is 4.05. The molecule has 0 fully saturated rings. The Bertz CT molecular complexity index is 760. The molecule has 0 saturated heterocycles. The molecule has 1 atom stereocenters. The summed E-state index contributed by atoms with van der Waals surface area (Å²) in [5.41, 5.74) is 1.42. The zero-order chi connectivity index (χ0) is 18.4. The SMILES string of the molecule is CCCC[C@H](NC(=O)c1nnn(-c2cccc(Cl)c2)c1CC)C(=O)O. The molecule has 0 bridgehead atoms. The number of benzene rings is 1. The van der Waals surface area contributed by atoms with Crippen molar-refractivity contribution >= 4 is 23.5 Å². The Hall–Kier alpha value is -2.41. The molecule has 0 aliphatic rings. The van der Waals surface area contributed by atoms with Crippen molar-refractivity contribution in [2.24, 2.45) is 0 Å². The average molecular weight is 365 g/mol. The van der Waals surface area contributed by atoms with Crippen LogP contribution in [0.2, 0.25) is 5.02 Å². The van der Waals surface area contributed by atoms with E-state index >= 15 is 0 Å². The zero-order valence-electron chi connectivity index (χ0n) is 14.2. The number of aromatic nitrogens is 3. The monoisotopic (exact) mass is 364 g/mol. The van der Waals surface area contributed by atoms with Crippen LogP contribution in [-0.4, -0.2) is 38.0 Å². The number of hydrogen-bond donors (Lipinski definition) is 2. The molecule has 1 amide bonds. The van der Waals surface area contributed by atoms with Crippen LogP contribution in [0.5, 0.6) is 0 Å². The highest BCUT2D eigenvalue weighted by Crippen LogP contribution is 2.18. The fourth-order valence-corrected chi connectivity index (χ4v) is 2.69. The van der Waals surface area contributed by atoms with Gasteiger partial charge in [0.25, 0.3) is 5.91 Å². The highest BCUT2D eigenvalue weighted by Gasteiger charge is 2.25. The van der Waals surface area contributed by atoms with Crippen LogP contribution in [0.1, 0.15) is 49.3 Å². The lowest BCUT2D eigenvalue weighted by atomic mass is 10.1.